The third kappa shape index (κ3) is 3.00. The topological polar surface area (TPSA) is 29.1 Å². The predicted molar refractivity (Wildman–Crippen MR) is 69.9 cm³/mol. The van der Waals surface area contributed by atoms with E-state index < -0.39 is 0 Å². The number of rotatable bonds is 4. The van der Waals surface area contributed by atoms with Gasteiger partial charge >= 0.3 is 0 Å². The number of carbonyl (C=O) groups is 1. The molecule has 1 fully saturated rings. The number of carbonyl (C=O) groups excluding carboxylic acids is 1. The fourth-order valence-corrected chi connectivity index (χ4v) is 2.30. The van der Waals surface area contributed by atoms with Crippen molar-refractivity contribution < 1.29 is 9.18 Å². The van der Waals surface area contributed by atoms with E-state index in [2.05, 4.69) is 17.9 Å². The van der Waals surface area contributed by atoms with Crippen LogP contribution in [-0.2, 0) is 4.79 Å². The molecule has 0 heterocycles. The Bertz CT molecular complexity index is 443. The van der Waals surface area contributed by atoms with E-state index in [-0.39, 0.29) is 17.1 Å². The second-order valence-electron chi connectivity index (χ2n) is 4.84. The Kier molecular flexibility index (Phi) is 3.43. The average Bonchev–Trinajstić information content (AvgIpc) is 3.03. The van der Waals surface area contributed by atoms with Gasteiger partial charge in [-0.3, -0.25) is 4.79 Å². The Morgan fingerprint density at radius 2 is 2.24 bits per heavy atom. The first-order chi connectivity index (χ1) is 8.04. The molecule has 92 valence electrons. The van der Waals surface area contributed by atoms with Crippen LogP contribution in [0.2, 0.25) is 0 Å². The molecule has 0 saturated heterocycles. The second kappa shape index (κ2) is 4.69. The number of hydrogen-bond donors (Lipinski definition) is 2. The van der Waals surface area contributed by atoms with Crippen LogP contribution in [0.4, 0.5) is 10.1 Å². The molecule has 1 aliphatic rings. The molecular formula is C13H16FNOS. The van der Waals surface area contributed by atoms with Crippen LogP contribution in [0.25, 0.3) is 0 Å². The number of thiol groups is 1. The molecule has 0 aromatic heterocycles. The van der Waals surface area contributed by atoms with Gasteiger partial charge in [-0.2, -0.15) is 12.6 Å². The first-order valence-electron chi connectivity index (χ1n) is 5.72. The summed E-state index contributed by atoms with van der Waals surface area (Å²) in [4.78, 5) is 11.8. The molecule has 0 atom stereocenters. The molecule has 1 aliphatic carbocycles. The highest BCUT2D eigenvalue weighted by molar-refractivity contribution is 7.80. The lowest BCUT2D eigenvalue weighted by atomic mass is 10.0. The van der Waals surface area contributed by atoms with Gasteiger partial charge in [0.2, 0.25) is 5.91 Å². The van der Waals surface area contributed by atoms with E-state index in [1.165, 1.54) is 12.1 Å². The van der Waals surface area contributed by atoms with Crippen molar-refractivity contribution in [3.05, 3.63) is 29.6 Å². The smallest absolute Gasteiger partial charge is 0.224 e. The molecule has 1 N–H and O–H groups in total. The maximum Gasteiger partial charge on any atom is 0.224 e. The molecule has 17 heavy (non-hydrogen) atoms. The normalized spacial score (nSPS) is 16.6. The SMILES string of the molecule is Cc1cc(F)ccc1NC(=O)CC1(CS)CC1. The van der Waals surface area contributed by atoms with Gasteiger partial charge in [-0.15, -0.1) is 0 Å². The summed E-state index contributed by atoms with van der Waals surface area (Å²) in [6.07, 6.45) is 2.66. The lowest BCUT2D eigenvalue weighted by molar-refractivity contribution is -0.117. The monoisotopic (exact) mass is 253 g/mol. The molecule has 1 saturated carbocycles. The number of amides is 1. The summed E-state index contributed by atoms with van der Waals surface area (Å²) in [5.74, 6) is 0.462. The summed E-state index contributed by atoms with van der Waals surface area (Å²) < 4.78 is 12.9. The Labute approximate surface area is 106 Å². The summed E-state index contributed by atoms with van der Waals surface area (Å²) in [7, 11) is 0. The fourth-order valence-electron chi connectivity index (χ4n) is 1.87. The van der Waals surface area contributed by atoms with Crippen molar-refractivity contribution >= 4 is 24.2 Å². The first-order valence-corrected chi connectivity index (χ1v) is 6.35. The third-order valence-electron chi connectivity index (χ3n) is 3.29. The number of halogens is 1. The molecule has 0 spiro atoms. The highest BCUT2D eigenvalue weighted by Crippen LogP contribution is 2.49. The molecule has 0 bridgehead atoms. The van der Waals surface area contributed by atoms with Gasteiger partial charge < -0.3 is 5.32 Å². The molecule has 0 radical (unpaired) electrons. The average molecular weight is 253 g/mol. The van der Waals surface area contributed by atoms with Gasteiger partial charge in [0.05, 0.1) is 0 Å². The maximum absolute atomic E-state index is 12.9. The number of anilines is 1. The van der Waals surface area contributed by atoms with E-state index in [4.69, 9.17) is 0 Å². The van der Waals surface area contributed by atoms with Gasteiger partial charge in [0.25, 0.3) is 0 Å². The molecule has 0 aliphatic heterocycles. The maximum atomic E-state index is 12.9. The van der Waals surface area contributed by atoms with Gasteiger partial charge in [0, 0.05) is 12.1 Å². The van der Waals surface area contributed by atoms with Gasteiger partial charge in [-0.25, -0.2) is 4.39 Å². The van der Waals surface area contributed by atoms with E-state index in [0.717, 1.165) is 24.2 Å². The Morgan fingerprint density at radius 1 is 1.53 bits per heavy atom. The van der Waals surface area contributed by atoms with Gasteiger partial charge in [0.15, 0.2) is 0 Å². The summed E-state index contributed by atoms with van der Waals surface area (Å²) >= 11 is 4.27. The standard InChI is InChI=1S/C13H16FNOS/c1-9-6-10(14)2-3-11(9)15-12(16)7-13(8-17)4-5-13/h2-3,6,17H,4-5,7-8H2,1H3,(H,15,16). The van der Waals surface area contributed by atoms with Crippen LogP contribution >= 0.6 is 12.6 Å². The van der Waals surface area contributed by atoms with Gasteiger partial charge in [-0.1, -0.05) is 0 Å². The molecule has 0 unspecified atom stereocenters. The van der Waals surface area contributed by atoms with Crippen LogP contribution in [0.15, 0.2) is 18.2 Å². The van der Waals surface area contributed by atoms with Gasteiger partial charge in [-0.05, 0) is 54.7 Å². The molecule has 1 aromatic carbocycles. The quantitative estimate of drug-likeness (QED) is 0.793. The summed E-state index contributed by atoms with van der Waals surface area (Å²) in [6.45, 7) is 1.78. The first kappa shape index (κ1) is 12.4. The minimum absolute atomic E-state index is 0.00809. The zero-order chi connectivity index (χ0) is 12.5. The molecule has 2 nitrogen and oxygen atoms in total. The van der Waals surface area contributed by atoms with Crippen molar-refractivity contribution in [2.75, 3.05) is 11.1 Å². The number of benzene rings is 1. The predicted octanol–water partition coefficient (Wildman–Crippen LogP) is 3.17. The number of nitrogens with one attached hydrogen (secondary N) is 1. The van der Waals surface area contributed by atoms with E-state index >= 15 is 0 Å². The van der Waals surface area contributed by atoms with Crippen molar-refractivity contribution in [2.24, 2.45) is 5.41 Å². The minimum atomic E-state index is -0.283. The van der Waals surface area contributed by atoms with Crippen LogP contribution in [0.3, 0.4) is 0 Å². The third-order valence-corrected chi connectivity index (χ3v) is 3.96. The van der Waals surface area contributed by atoms with Crippen molar-refractivity contribution in [3.8, 4) is 0 Å². The van der Waals surface area contributed by atoms with Crippen molar-refractivity contribution in [2.45, 2.75) is 26.2 Å². The van der Waals surface area contributed by atoms with Crippen molar-refractivity contribution in [3.63, 3.8) is 0 Å². The fraction of sp³-hybridized carbons (Fsp3) is 0.462. The molecule has 1 amide bonds. The lowest BCUT2D eigenvalue weighted by Crippen LogP contribution is -2.18. The van der Waals surface area contributed by atoms with Crippen LogP contribution in [0.1, 0.15) is 24.8 Å². The molecule has 1 aromatic rings. The highest BCUT2D eigenvalue weighted by Gasteiger charge is 2.42. The lowest BCUT2D eigenvalue weighted by Gasteiger charge is -2.13. The van der Waals surface area contributed by atoms with Crippen molar-refractivity contribution in [1.29, 1.82) is 0 Å². The zero-order valence-corrected chi connectivity index (χ0v) is 10.7. The Hall–Kier alpha value is -1.03. The summed E-state index contributed by atoms with van der Waals surface area (Å²) in [6, 6.07) is 4.37. The van der Waals surface area contributed by atoms with Crippen molar-refractivity contribution in [1.82, 2.24) is 0 Å². The molecule has 4 heteroatoms. The Morgan fingerprint density at radius 3 is 2.76 bits per heavy atom. The molecular weight excluding hydrogens is 237 g/mol. The molecule has 2 rings (SSSR count). The van der Waals surface area contributed by atoms with E-state index in [1.54, 1.807) is 13.0 Å². The highest BCUT2D eigenvalue weighted by atomic mass is 32.1. The second-order valence-corrected chi connectivity index (χ2v) is 5.16. The minimum Gasteiger partial charge on any atom is -0.326 e. The summed E-state index contributed by atoms with van der Waals surface area (Å²) in [5, 5.41) is 2.83. The number of hydrogen-bond acceptors (Lipinski definition) is 2. The zero-order valence-electron chi connectivity index (χ0n) is 9.79. The van der Waals surface area contributed by atoms with Crippen LogP contribution in [-0.4, -0.2) is 11.7 Å². The van der Waals surface area contributed by atoms with Crippen LogP contribution < -0.4 is 5.32 Å². The largest absolute Gasteiger partial charge is 0.326 e. The Balaban J connectivity index is 1.98. The van der Waals surface area contributed by atoms with Crippen LogP contribution in [0, 0.1) is 18.2 Å². The van der Waals surface area contributed by atoms with E-state index in [9.17, 15) is 9.18 Å². The summed E-state index contributed by atoms with van der Waals surface area (Å²) in [5.41, 5.74) is 1.54. The number of aryl methyl sites for hydroxylation is 1. The van der Waals surface area contributed by atoms with Gasteiger partial charge in [0.1, 0.15) is 5.82 Å². The van der Waals surface area contributed by atoms with E-state index in [0.29, 0.717) is 12.1 Å². The van der Waals surface area contributed by atoms with E-state index in [1.807, 2.05) is 0 Å². The van der Waals surface area contributed by atoms with Crippen LogP contribution in [0.5, 0.6) is 0 Å².